The largest absolute Gasteiger partial charge is 0.411 e. The maximum Gasteiger partial charge on any atom is 0.192 e. The van der Waals surface area contributed by atoms with Crippen LogP contribution in [0.15, 0.2) is 24.3 Å². The molecular formula is C22H38OSi2. The molecule has 0 saturated carbocycles. The summed E-state index contributed by atoms with van der Waals surface area (Å²) in [5.74, 6) is 9.51. The predicted octanol–water partition coefficient (Wildman–Crippen LogP) is 6.56. The summed E-state index contributed by atoms with van der Waals surface area (Å²) in [6.45, 7) is 20.4. The maximum absolute atomic E-state index is 6.41. The molecule has 0 aromatic carbocycles. The summed E-state index contributed by atoms with van der Waals surface area (Å²) in [5, 5.41) is 0.239. The molecule has 0 aromatic rings. The number of rotatable bonds is 6. The van der Waals surface area contributed by atoms with E-state index in [1.807, 2.05) is 6.08 Å². The molecule has 0 aliphatic rings. The van der Waals surface area contributed by atoms with Crippen LogP contribution in [0, 0.1) is 23.3 Å². The van der Waals surface area contributed by atoms with Gasteiger partial charge in [-0.25, -0.2) is 0 Å². The lowest BCUT2D eigenvalue weighted by Crippen LogP contribution is -2.43. The Bertz CT molecular complexity index is 564. The van der Waals surface area contributed by atoms with Crippen molar-refractivity contribution in [2.24, 2.45) is 0 Å². The van der Waals surface area contributed by atoms with Gasteiger partial charge in [-0.1, -0.05) is 71.3 Å². The van der Waals surface area contributed by atoms with Gasteiger partial charge < -0.3 is 4.43 Å². The van der Waals surface area contributed by atoms with E-state index >= 15 is 0 Å². The van der Waals surface area contributed by atoms with Gasteiger partial charge in [0.2, 0.25) is 0 Å². The van der Waals surface area contributed by atoms with Crippen molar-refractivity contribution in [1.82, 2.24) is 0 Å². The van der Waals surface area contributed by atoms with Crippen LogP contribution in [-0.4, -0.2) is 22.5 Å². The van der Waals surface area contributed by atoms with Crippen molar-refractivity contribution in [1.29, 1.82) is 0 Å². The van der Waals surface area contributed by atoms with Crippen LogP contribution in [0.25, 0.3) is 0 Å². The molecule has 0 radical (unpaired) electrons. The van der Waals surface area contributed by atoms with Crippen LogP contribution in [0.4, 0.5) is 0 Å². The van der Waals surface area contributed by atoms with Gasteiger partial charge in [-0.15, -0.1) is 11.5 Å². The highest BCUT2D eigenvalue weighted by molar-refractivity contribution is 6.83. The predicted molar refractivity (Wildman–Crippen MR) is 119 cm³/mol. The Morgan fingerprint density at radius 1 is 0.960 bits per heavy atom. The first-order valence-corrected chi connectivity index (χ1v) is 15.8. The Balaban J connectivity index is 4.38. The highest BCUT2D eigenvalue weighted by Gasteiger charge is 2.38. The Labute approximate surface area is 159 Å². The molecule has 0 fully saturated rings. The maximum atomic E-state index is 6.41. The summed E-state index contributed by atoms with van der Waals surface area (Å²) in [5.41, 5.74) is 3.36. The van der Waals surface area contributed by atoms with E-state index in [4.69, 9.17) is 4.43 Å². The minimum Gasteiger partial charge on any atom is -0.411 e. The first-order valence-electron chi connectivity index (χ1n) is 9.37. The lowest BCUT2D eigenvalue weighted by molar-refractivity contribution is 0.221. The average Bonchev–Trinajstić information content (AvgIpc) is 2.45. The van der Waals surface area contributed by atoms with Crippen molar-refractivity contribution in [2.45, 2.75) is 90.8 Å². The zero-order valence-corrected chi connectivity index (χ0v) is 19.9. The smallest absolute Gasteiger partial charge is 0.192 e. The lowest BCUT2D eigenvalue weighted by atomic mass is 10.2. The molecule has 25 heavy (non-hydrogen) atoms. The van der Waals surface area contributed by atoms with E-state index in [9.17, 15) is 0 Å². The molecule has 0 aliphatic heterocycles. The third kappa shape index (κ3) is 12.1. The third-order valence-electron chi connectivity index (χ3n) is 4.22. The minimum absolute atomic E-state index is 0.169. The SMILES string of the molecule is CC[C@H](/C=C/C#CC/C=C\CC#C[Si](C)(C)C)O[Si](C)(C)C(C)(C)C. The molecule has 0 aliphatic carbocycles. The second kappa shape index (κ2) is 10.9. The first-order chi connectivity index (χ1) is 11.4. The van der Waals surface area contributed by atoms with Crippen LogP contribution in [0.3, 0.4) is 0 Å². The normalized spacial score (nSPS) is 14.1. The molecule has 0 unspecified atom stereocenters. The van der Waals surface area contributed by atoms with Crippen LogP contribution in [-0.2, 0) is 4.43 Å². The summed E-state index contributed by atoms with van der Waals surface area (Å²) in [6.07, 6.45) is 11.0. The minimum atomic E-state index is -1.72. The first kappa shape index (κ1) is 24.0. The summed E-state index contributed by atoms with van der Waals surface area (Å²) in [4.78, 5) is 0. The standard InChI is InChI=1S/C22H38OSi2/c1-10-21(23-25(8,9)22(2,3)4)19-17-15-13-11-12-14-16-18-20-24(5,6)7/h12,14,17,19,21H,10-11,16H2,1-9H3/b14-12-,19-17+/t21-/m1/s1. The second-order valence-corrected chi connectivity index (χ2v) is 18.4. The van der Waals surface area contributed by atoms with Crippen molar-refractivity contribution in [3.8, 4) is 23.3 Å². The van der Waals surface area contributed by atoms with Gasteiger partial charge in [0.1, 0.15) is 8.07 Å². The summed E-state index contributed by atoms with van der Waals surface area (Å²) < 4.78 is 6.41. The number of hydrogen-bond acceptors (Lipinski definition) is 1. The summed E-state index contributed by atoms with van der Waals surface area (Å²) in [6, 6.07) is 0. The lowest BCUT2D eigenvalue weighted by Gasteiger charge is -2.38. The zero-order valence-electron chi connectivity index (χ0n) is 17.9. The fourth-order valence-corrected chi connectivity index (χ4v) is 3.68. The van der Waals surface area contributed by atoms with E-state index in [1.54, 1.807) is 0 Å². The van der Waals surface area contributed by atoms with E-state index in [-0.39, 0.29) is 11.1 Å². The van der Waals surface area contributed by atoms with Crippen LogP contribution in [0.2, 0.25) is 37.8 Å². The van der Waals surface area contributed by atoms with Gasteiger partial charge in [-0.05, 0) is 36.7 Å². The van der Waals surface area contributed by atoms with Gasteiger partial charge in [0.25, 0.3) is 0 Å². The molecule has 0 N–H and O–H groups in total. The van der Waals surface area contributed by atoms with Crippen molar-refractivity contribution >= 4 is 16.4 Å². The Morgan fingerprint density at radius 3 is 2.00 bits per heavy atom. The highest BCUT2D eigenvalue weighted by Crippen LogP contribution is 2.37. The van der Waals surface area contributed by atoms with Crippen LogP contribution < -0.4 is 0 Å². The molecule has 1 nitrogen and oxygen atoms in total. The molecular weight excluding hydrogens is 336 g/mol. The Morgan fingerprint density at radius 2 is 1.52 bits per heavy atom. The Hall–Kier alpha value is -1.01. The van der Waals surface area contributed by atoms with Gasteiger partial charge in [0.05, 0.1) is 6.10 Å². The fourth-order valence-electron chi connectivity index (χ4n) is 1.69. The molecule has 0 bridgehead atoms. The number of allylic oxidation sites excluding steroid dienone is 3. The molecule has 3 heteroatoms. The Kier molecular flexibility index (Phi) is 10.4. The van der Waals surface area contributed by atoms with Gasteiger partial charge in [-0.3, -0.25) is 0 Å². The van der Waals surface area contributed by atoms with Crippen LogP contribution >= 0.6 is 0 Å². The van der Waals surface area contributed by atoms with E-state index in [0.717, 1.165) is 19.3 Å². The second-order valence-electron chi connectivity index (χ2n) is 8.94. The molecule has 0 aromatic heterocycles. The van der Waals surface area contributed by atoms with Gasteiger partial charge in [0.15, 0.2) is 8.32 Å². The molecule has 0 saturated heterocycles. The number of hydrogen-bond donors (Lipinski definition) is 0. The molecule has 0 rings (SSSR count). The quantitative estimate of drug-likeness (QED) is 0.290. The topological polar surface area (TPSA) is 9.23 Å². The van der Waals surface area contributed by atoms with Crippen molar-refractivity contribution in [2.75, 3.05) is 0 Å². The van der Waals surface area contributed by atoms with Gasteiger partial charge in [-0.2, -0.15) is 0 Å². The van der Waals surface area contributed by atoms with Crippen LogP contribution in [0.1, 0.15) is 47.0 Å². The van der Waals surface area contributed by atoms with Crippen molar-refractivity contribution in [3.63, 3.8) is 0 Å². The van der Waals surface area contributed by atoms with Crippen molar-refractivity contribution in [3.05, 3.63) is 24.3 Å². The third-order valence-corrected chi connectivity index (χ3v) is 9.65. The molecule has 1 atom stereocenters. The van der Waals surface area contributed by atoms with E-state index in [2.05, 4.69) is 102 Å². The molecule has 0 spiro atoms. The van der Waals surface area contributed by atoms with E-state index < -0.39 is 16.4 Å². The molecule has 0 amide bonds. The summed E-state index contributed by atoms with van der Waals surface area (Å²) >= 11 is 0. The summed E-state index contributed by atoms with van der Waals surface area (Å²) in [7, 11) is -2.95. The van der Waals surface area contributed by atoms with Gasteiger partial charge >= 0.3 is 0 Å². The van der Waals surface area contributed by atoms with E-state index in [1.165, 1.54) is 0 Å². The van der Waals surface area contributed by atoms with Crippen molar-refractivity contribution < 1.29 is 4.43 Å². The average molecular weight is 375 g/mol. The zero-order chi connectivity index (χ0) is 19.6. The fraction of sp³-hybridized carbons (Fsp3) is 0.636. The monoisotopic (exact) mass is 374 g/mol. The van der Waals surface area contributed by atoms with E-state index in [0.29, 0.717) is 0 Å². The highest BCUT2D eigenvalue weighted by atomic mass is 28.4. The van der Waals surface area contributed by atoms with Crippen LogP contribution in [0.5, 0.6) is 0 Å². The molecule has 0 heterocycles. The molecule has 140 valence electrons. The van der Waals surface area contributed by atoms with Gasteiger partial charge in [0, 0.05) is 12.8 Å².